The molecule has 4 aromatic carbocycles. The van der Waals surface area contributed by atoms with E-state index >= 15 is 0 Å². The quantitative estimate of drug-likeness (QED) is 0.0493. The monoisotopic (exact) mass is 939 g/mol. The zero-order valence-corrected chi connectivity index (χ0v) is 41.7. The number of carbonyl (C=O) groups is 4. The van der Waals surface area contributed by atoms with Crippen LogP contribution in [0.1, 0.15) is 120 Å². The van der Waals surface area contributed by atoms with Crippen LogP contribution < -0.4 is 10.1 Å². The second-order valence-electron chi connectivity index (χ2n) is 19.1. The number of β-amino-alcohol motifs (C(OH)–C–C–N with tert-alkyl or cyclic N) is 1. The number of rotatable bonds is 23. The molecule has 0 bridgehead atoms. The number of aliphatic hydroxyl groups is 1. The minimum atomic E-state index is -0.815. The number of aromatic nitrogens is 1. The zero-order valence-electron chi connectivity index (χ0n) is 40.8. The van der Waals surface area contributed by atoms with E-state index in [9.17, 15) is 24.3 Å². The maximum atomic E-state index is 14.1. The lowest BCUT2D eigenvalue weighted by Gasteiger charge is -2.34. The van der Waals surface area contributed by atoms with E-state index in [1.54, 1.807) is 16.2 Å². The van der Waals surface area contributed by atoms with E-state index in [0.29, 0.717) is 39.0 Å². The molecule has 1 saturated heterocycles. The van der Waals surface area contributed by atoms with Crippen molar-refractivity contribution in [3.8, 4) is 16.2 Å². The van der Waals surface area contributed by atoms with E-state index in [4.69, 9.17) is 4.74 Å². The van der Waals surface area contributed by atoms with Crippen molar-refractivity contribution in [3.63, 3.8) is 0 Å². The van der Waals surface area contributed by atoms with Gasteiger partial charge in [0.05, 0.1) is 28.7 Å². The molecule has 1 aromatic heterocycles. The number of nitrogens with zero attached hydrogens (tertiary/aromatic N) is 3. The largest absolute Gasteiger partial charge is 0.492 e. The second kappa shape index (κ2) is 24.9. The van der Waals surface area contributed by atoms with Gasteiger partial charge < -0.3 is 25.0 Å². The Hall–Kier alpha value is -5.91. The molecule has 1 aliphatic heterocycles. The Morgan fingerprint density at radius 1 is 0.838 bits per heavy atom. The van der Waals surface area contributed by atoms with Crippen LogP contribution in [0, 0.1) is 18.3 Å². The van der Waals surface area contributed by atoms with E-state index in [-0.39, 0.29) is 42.9 Å². The summed E-state index contributed by atoms with van der Waals surface area (Å²) in [5.74, 6) is -0.336. The van der Waals surface area contributed by atoms with Gasteiger partial charge >= 0.3 is 0 Å². The van der Waals surface area contributed by atoms with Crippen LogP contribution >= 0.6 is 11.3 Å². The molecule has 3 amide bonds. The molecule has 0 unspecified atom stereocenters. The number of amides is 3. The van der Waals surface area contributed by atoms with Gasteiger partial charge in [-0.25, -0.2) is 4.98 Å². The van der Waals surface area contributed by atoms with Crippen molar-refractivity contribution in [2.24, 2.45) is 11.3 Å². The maximum Gasteiger partial charge on any atom is 0.243 e. The summed E-state index contributed by atoms with van der Waals surface area (Å²) in [5, 5.41) is 13.6. The minimum Gasteiger partial charge on any atom is -0.492 e. The number of hydrogen-bond acceptors (Lipinski definition) is 8. The molecule has 2 N–H and O–H groups in total. The number of aryl methyl sites for hydroxylation is 1. The number of allylic oxidation sites excluding steroid dienone is 1. The molecule has 3 atom stereocenters. The fourth-order valence-corrected chi connectivity index (χ4v) is 9.82. The molecule has 0 spiro atoms. The van der Waals surface area contributed by atoms with E-state index < -0.39 is 23.5 Å². The number of Topliss-reactive ketones (excluding diaryl/α,β-unsaturated/α-hetero) is 1. The van der Waals surface area contributed by atoms with Crippen LogP contribution in [0.15, 0.2) is 115 Å². The first-order valence-corrected chi connectivity index (χ1v) is 25.2. The highest BCUT2D eigenvalue weighted by atomic mass is 32.1. The maximum absolute atomic E-state index is 14.1. The van der Waals surface area contributed by atoms with Crippen molar-refractivity contribution in [3.05, 3.63) is 143 Å². The summed E-state index contributed by atoms with van der Waals surface area (Å²) < 4.78 is 6.08. The van der Waals surface area contributed by atoms with Crippen LogP contribution in [0.5, 0.6) is 5.75 Å². The number of unbranched alkanes of at least 4 members (excludes halogenated alkanes) is 4. The van der Waals surface area contributed by atoms with Crippen molar-refractivity contribution in [1.29, 1.82) is 0 Å². The van der Waals surface area contributed by atoms with Gasteiger partial charge in [0.25, 0.3) is 0 Å². The zero-order chi connectivity index (χ0) is 48.6. The van der Waals surface area contributed by atoms with Gasteiger partial charge in [-0.05, 0) is 82.7 Å². The van der Waals surface area contributed by atoms with Gasteiger partial charge in [-0.1, -0.05) is 144 Å². The number of ketones is 1. The Kier molecular flexibility index (Phi) is 18.9. The highest BCUT2D eigenvalue weighted by Crippen LogP contribution is 2.36. The first-order chi connectivity index (χ1) is 32.7. The molecule has 68 heavy (non-hydrogen) atoms. The smallest absolute Gasteiger partial charge is 0.243 e. The van der Waals surface area contributed by atoms with Crippen molar-refractivity contribution in [2.45, 2.75) is 118 Å². The molecule has 5 aromatic rings. The molecule has 0 aliphatic carbocycles. The number of hydrogen-bond donors (Lipinski definition) is 2. The standard InChI is InChI=1S/C57H70N4O6S/c1-7-49(42-19-13-11-14-20-42)53(43-21-15-12-16-22-43)44-29-31-48(32-30-44)67-34-33-60(6)52(64)24-18-10-8-9-17-23-46(62)35-50(57(3,4)5)56(66)61-38-47(63)36-51(61)55(65)58-37-41-25-27-45(28-26-41)54-40(2)59-39-68-54/h11-16,19-22,25-32,39,47,50-51,63H,7-10,17-18,23-24,33-38H2,1-6H3,(H,58,65)/b53-49-/t47-,50-,51+/m1/s1. The van der Waals surface area contributed by atoms with E-state index in [1.807, 2.05) is 88.8 Å². The highest BCUT2D eigenvalue weighted by molar-refractivity contribution is 7.13. The molecule has 11 heteroatoms. The molecule has 0 radical (unpaired) electrons. The van der Waals surface area contributed by atoms with Gasteiger partial charge in [0, 0.05) is 51.7 Å². The minimum absolute atomic E-state index is 0.0217. The average Bonchev–Trinajstić information content (AvgIpc) is 3.96. The molecule has 1 aliphatic rings. The SMILES string of the molecule is CC/C(=C(\c1ccccc1)c1ccc(OCCN(C)C(=O)CCCCCCCC(=O)C[C@H](C(=O)N2C[C@H](O)C[C@H]2C(=O)NCc2ccc(-c3scnc3C)cc2)C(C)(C)C)cc1)c1ccccc1. The predicted octanol–water partition coefficient (Wildman–Crippen LogP) is 11.0. The van der Waals surface area contributed by atoms with Gasteiger partial charge in [-0.2, -0.15) is 0 Å². The fourth-order valence-electron chi connectivity index (χ4n) is 9.01. The molecule has 1 fully saturated rings. The number of aliphatic hydroxyl groups excluding tert-OH is 1. The van der Waals surface area contributed by atoms with Crippen LogP contribution in [0.25, 0.3) is 21.6 Å². The number of likely N-dealkylation sites (tertiary alicyclic amines) is 1. The van der Waals surface area contributed by atoms with Gasteiger partial charge in [-0.3, -0.25) is 19.2 Å². The van der Waals surface area contributed by atoms with E-state index in [2.05, 4.69) is 77.9 Å². The molecule has 0 saturated carbocycles. The normalized spacial score (nSPS) is 15.7. The van der Waals surface area contributed by atoms with Crippen LogP contribution in [0.4, 0.5) is 0 Å². The fraction of sp³-hybridized carbons (Fsp3) is 0.421. The summed E-state index contributed by atoms with van der Waals surface area (Å²) in [6.45, 7) is 11.2. The number of benzene rings is 4. The molecular formula is C57H70N4O6S. The summed E-state index contributed by atoms with van der Waals surface area (Å²) in [4.78, 5) is 62.5. The van der Waals surface area contributed by atoms with E-state index in [0.717, 1.165) is 65.1 Å². The average molecular weight is 939 g/mol. The summed E-state index contributed by atoms with van der Waals surface area (Å²) in [7, 11) is 1.82. The third kappa shape index (κ3) is 14.3. The van der Waals surface area contributed by atoms with Crippen LogP contribution in [-0.2, 0) is 25.7 Å². The Morgan fingerprint density at radius 3 is 2.07 bits per heavy atom. The van der Waals surface area contributed by atoms with Gasteiger partial charge in [0.2, 0.25) is 17.7 Å². The van der Waals surface area contributed by atoms with Crippen LogP contribution in [-0.4, -0.2) is 82.3 Å². The number of nitrogens with one attached hydrogen (secondary N) is 1. The lowest BCUT2D eigenvalue weighted by molar-refractivity contribution is -0.146. The van der Waals surface area contributed by atoms with Crippen LogP contribution in [0.3, 0.4) is 0 Å². The molecular weight excluding hydrogens is 869 g/mol. The second-order valence-corrected chi connectivity index (χ2v) is 20.0. The first kappa shape index (κ1) is 51.5. The van der Waals surface area contributed by atoms with Crippen molar-refractivity contribution in [2.75, 3.05) is 26.7 Å². The topological polar surface area (TPSA) is 129 Å². The third-order valence-electron chi connectivity index (χ3n) is 13.0. The van der Waals surface area contributed by atoms with Crippen molar-refractivity contribution >= 4 is 46.0 Å². The molecule has 6 rings (SSSR count). The summed E-state index contributed by atoms with van der Waals surface area (Å²) in [6.07, 6.45) is 5.30. The van der Waals surface area contributed by atoms with Gasteiger partial charge in [0.1, 0.15) is 24.2 Å². The Bertz CT molecular complexity index is 2440. The summed E-state index contributed by atoms with van der Waals surface area (Å²) in [5.41, 5.74) is 10.3. The summed E-state index contributed by atoms with van der Waals surface area (Å²) in [6, 6.07) is 36.4. The lowest BCUT2D eigenvalue weighted by atomic mass is 9.76. The van der Waals surface area contributed by atoms with Crippen molar-refractivity contribution in [1.82, 2.24) is 20.1 Å². The van der Waals surface area contributed by atoms with Crippen LogP contribution in [0.2, 0.25) is 0 Å². The van der Waals surface area contributed by atoms with Crippen molar-refractivity contribution < 1.29 is 29.0 Å². The van der Waals surface area contributed by atoms with E-state index in [1.165, 1.54) is 27.2 Å². The van der Waals surface area contributed by atoms with Gasteiger partial charge in [0.15, 0.2) is 0 Å². The Balaban J connectivity index is 0.882. The number of likely N-dealkylation sites (N-methyl/N-ethyl adjacent to an activating group) is 1. The van der Waals surface area contributed by atoms with Gasteiger partial charge in [-0.15, -0.1) is 11.3 Å². The predicted molar refractivity (Wildman–Crippen MR) is 274 cm³/mol. The summed E-state index contributed by atoms with van der Waals surface area (Å²) >= 11 is 1.59. The Labute approximate surface area is 407 Å². The number of thiazole rings is 1. The third-order valence-corrected chi connectivity index (χ3v) is 14.0. The molecule has 10 nitrogen and oxygen atoms in total. The number of ether oxygens (including phenoxy) is 1. The highest BCUT2D eigenvalue weighted by Gasteiger charge is 2.44. The Morgan fingerprint density at radius 2 is 1.46 bits per heavy atom. The first-order valence-electron chi connectivity index (χ1n) is 24.3. The lowest BCUT2D eigenvalue weighted by Crippen LogP contribution is -2.50. The number of carbonyl (C=O) groups excluding carboxylic acids is 4. The molecule has 360 valence electrons. The molecule has 2 heterocycles.